The van der Waals surface area contributed by atoms with Crippen LogP contribution in [0.4, 0.5) is 5.69 Å². The van der Waals surface area contributed by atoms with Crippen LogP contribution in [0.2, 0.25) is 0 Å². The van der Waals surface area contributed by atoms with Crippen molar-refractivity contribution in [2.75, 3.05) is 18.1 Å². The van der Waals surface area contributed by atoms with Crippen LogP contribution in [0.5, 0.6) is 0 Å². The van der Waals surface area contributed by atoms with E-state index in [0.29, 0.717) is 16.9 Å². The van der Waals surface area contributed by atoms with Crippen LogP contribution < -0.4 is 10.6 Å². The van der Waals surface area contributed by atoms with Gasteiger partial charge in [-0.2, -0.15) is 11.8 Å². The highest BCUT2D eigenvalue weighted by molar-refractivity contribution is 7.99. The number of carbonyl (C=O) groups is 1. The molecular weight excluding hydrogens is 258 g/mol. The second-order valence-electron chi connectivity index (χ2n) is 4.73. The Bertz CT molecular complexity index is 438. The van der Waals surface area contributed by atoms with Crippen LogP contribution in [0.15, 0.2) is 18.5 Å². The Kier molecular flexibility index (Phi) is 5.07. The van der Waals surface area contributed by atoms with Crippen molar-refractivity contribution in [3.63, 3.8) is 0 Å². The number of rotatable bonds is 5. The summed E-state index contributed by atoms with van der Waals surface area (Å²) < 4.78 is 0. The van der Waals surface area contributed by atoms with Crippen molar-refractivity contribution in [2.45, 2.75) is 37.5 Å². The SMILES string of the molecule is CCSC1CCC(NC(=O)c2cnccc2NC)C1. The summed E-state index contributed by atoms with van der Waals surface area (Å²) in [5.74, 6) is 1.13. The van der Waals surface area contributed by atoms with Crippen molar-refractivity contribution in [1.82, 2.24) is 10.3 Å². The molecule has 104 valence electrons. The summed E-state index contributed by atoms with van der Waals surface area (Å²) in [7, 11) is 1.82. The van der Waals surface area contributed by atoms with Gasteiger partial charge in [-0.05, 0) is 31.1 Å². The van der Waals surface area contributed by atoms with Gasteiger partial charge >= 0.3 is 0 Å². The van der Waals surface area contributed by atoms with E-state index in [4.69, 9.17) is 0 Å². The molecule has 1 aliphatic rings. The minimum Gasteiger partial charge on any atom is -0.387 e. The van der Waals surface area contributed by atoms with Crippen molar-refractivity contribution in [3.05, 3.63) is 24.0 Å². The fraction of sp³-hybridized carbons (Fsp3) is 0.571. The monoisotopic (exact) mass is 279 g/mol. The summed E-state index contributed by atoms with van der Waals surface area (Å²) in [6, 6.07) is 2.13. The molecule has 19 heavy (non-hydrogen) atoms. The Hall–Kier alpha value is -1.23. The first-order chi connectivity index (χ1) is 9.24. The van der Waals surface area contributed by atoms with Gasteiger partial charge < -0.3 is 10.6 Å². The minimum atomic E-state index is -0.0235. The molecule has 0 radical (unpaired) electrons. The topological polar surface area (TPSA) is 54.0 Å². The third kappa shape index (κ3) is 3.62. The molecule has 5 heteroatoms. The number of pyridine rings is 1. The molecule has 2 atom stereocenters. The van der Waals surface area contributed by atoms with Gasteiger partial charge in [0.2, 0.25) is 0 Å². The van der Waals surface area contributed by atoms with E-state index in [1.807, 2.05) is 24.9 Å². The lowest BCUT2D eigenvalue weighted by Gasteiger charge is -2.14. The summed E-state index contributed by atoms with van der Waals surface area (Å²) >= 11 is 2.00. The molecule has 0 aromatic carbocycles. The Morgan fingerprint density at radius 1 is 1.53 bits per heavy atom. The number of anilines is 1. The van der Waals surface area contributed by atoms with E-state index in [1.54, 1.807) is 12.4 Å². The molecule has 1 heterocycles. The fourth-order valence-corrected chi connectivity index (χ4v) is 3.66. The maximum absolute atomic E-state index is 12.2. The predicted molar refractivity (Wildman–Crippen MR) is 80.8 cm³/mol. The van der Waals surface area contributed by atoms with Crippen molar-refractivity contribution >= 4 is 23.4 Å². The molecule has 2 unspecified atom stereocenters. The van der Waals surface area contributed by atoms with Crippen molar-refractivity contribution < 1.29 is 4.79 Å². The van der Waals surface area contributed by atoms with Crippen LogP contribution in [0.25, 0.3) is 0 Å². The van der Waals surface area contributed by atoms with Crippen molar-refractivity contribution in [2.24, 2.45) is 0 Å². The Morgan fingerprint density at radius 3 is 3.11 bits per heavy atom. The number of nitrogens with zero attached hydrogens (tertiary/aromatic N) is 1. The molecule has 4 nitrogen and oxygen atoms in total. The summed E-state index contributed by atoms with van der Waals surface area (Å²) in [5.41, 5.74) is 1.45. The van der Waals surface area contributed by atoms with Crippen LogP contribution in [0.3, 0.4) is 0 Å². The number of hydrogen-bond donors (Lipinski definition) is 2. The lowest BCUT2D eigenvalue weighted by atomic mass is 10.2. The highest BCUT2D eigenvalue weighted by Crippen LogP contribution is 2.30. The normalized spacial score (nSPS) is 22.2. The summed E-state index contributed by atoms with van der Waals surface area (Å²) in [4.78, 5) is 16.3. The van der Waals surface area contributed by atoms with Crippen molar-refractivity contribution in [1.29, 1.82) is 0 Å². The zero-order chi connectivity index (χ0) is 13.7. The van der Waals surface area contributed by atoms with Crippen molar-refractivity contribution in [3.8, 4) is 0 Å². The molecular formula is C14H21N3OS. The van der Waals surface area contributed by atoms with Crippen LogP contribution in [0, 0.1) is 0 Å². The third-order valence-electron chi connectivity index (χ3n) is 3.46. The summed E-state index contributed by atoms with van der Waals surface area (Å²) in [6.45, 7) is 2.19. The van der Waals surface area contributed by atoms with Gasteiger partial charge in [0.1, 0.15) is 0 Å². The molecule has 1 saturated carbocycles. The Morgan fingerprint density at radius 2 is 2.37 bits per heavy atom. The van der Waals surface area contributed by atoms with Gasteiger partial charge in [-0.25, -0.2) is 0 Å². The zero-order valence-electron chi connectivity index (χ0n) is 11.5. The van der Waals surface area contributed by atoms with E-state index in [-0.39, 0.29) is 5.91 Å². The third-order valence-corrected chi connectivity index (χ3v) is 4.69. The number of thioether (sulfide) groups is 1. The molecule has 1 fully saturated rings. The van der Waals surface area contributed by atoms with Gasteiger partial charge in [0.15, 0.2) is 0 Å². The Balaban J connectivity index is 1.94. The lowest BCUT2D eigenvalue weighted by molar-refractivity contribution is 0.0938. The average Bonchev–Trinajstić information content (AvgIpc) is 2.86. The van der Waals surface area contributed by atoms with E-state index in [9.17, 15) is 4.79 Å². The second-order valence-corrected chi connectivity index (χ2v) is 6.31. The van der Waals surface area contributed by atoms with E-state index in [0.717, 1.165) is 24.3 Å². The predicted octanol–water partition coefficient (Wildman–Crippen LogP) is 2.53. The molecule has 0 spiro atoms. The van der Waals surface area contributed by atoms with Gasteiger partial charge in [0.25, 0.3) is 5.91 Å². The Labute approximate surface area is 118 Å². The van der Waals surface area contributed by atoms with Gasteiger partial charge in [0, 0.05) is 36.4 Å². The lowest BCUT2D eigenvalue weighted by Crippen LogP contribution is -2.33. The first-order valence-corrected chi connectivity index (χ1v) is 7.83. The molecule has 1 amide bonds. The first kappa shape index (κ1) is 14.2. The maximum Gasteiger partial charge on any atom is 0.255 e. The highest BCUT2D eigenvalue weighted by Gasteiger charge is 2.26. The summed E-state index contributed by atoms with van der Waals surface area (Å²) in [6.07, 6.45) is 6.67. The number of carbonyl (C=O) groups excluding carboxylic acids is 1. The standard InChI is InChI=1S/C14H21N3OS/c1-3-19-11-5-4-10(8-11)17-14(18)12-9-16-7-6-13(12)15-2/h6-7,9-11H,3-5,8H2,1-2H3,(H,15,16)(H,17,18). The largest absolute Gasteiger partial charge is 0.387 e. The van der Waals surface area contributed by atoms with Gasteiger partial charge in [-0.1, -0.05) is 6.92 Å². The summed E-state index contributed by atoms with van der Waals surface area (Å²) in [5, 5.41) is 6.85. The molecule has 2 N–H and O–H groups in total. The molecule has 0 bridgehead atoms. The molecule has 1 aromatic rings. The quantitative estimate of drug-likeness (QED) is 0.869. The highest BCUT2D eigenvalue weighted by atomic mass is 32.2. The van der Waals surface area contributed by atoms with Crippen LogP contribution >= 0.6 is 11.8 Å². The molecule has 1 aliphatic carbocycles. The van der Waals surface area contributed by atoms with Crippen LogP contribution in [0.1, 0.15) is 36.5 Å². The molecule has 2 rings (SSSR count). The molecule has 1 aromatic heterocycles. The number of amides is 1. The van der Waals surface area contributed by atoms with E-state index >= 15 is 0 Å². The van der Waals surface area contributed by atoms with E-state index in [1.165, 1.54) is 6.42 Å². The molecule has 0 aliphatic heterocycles. The number of nitrogens with one attached hydrogen (secondary N) is 2. The van der Waals surface area contributed by atoms with E-state index < -0.39 is 0 Å². The number of aromatic nitrogens is 1. The van der Waals surface area contributed by atoms with E-state index in [2.05, 4.69) is 22.5 Å². The number of hydrogen-bond acceptors (Lipinski definition) is 4. The van der Waals surface area contributed by atoms with Crippen LogP contribution in [-0.4, -0.2) is 35.0 Å². The average molecular weight is 279 g/mol. The fourth-order valence-electron chi connectivity index (χ4n) is 2.51. The minimum absolute atomic E-state index is 0.0235. The van der Waals surface area contributed by atoms with Crippen LogP contribution in [-0.2, 0) is 0 Å². The first-order valence-electron chi connectivity index (χ1n) is 6.78. The second kappa shape index (κ2) is 6.80. The molecule has 0 saturated heterocycles. The zero-order valence-corrected chi connectivity index (χ0v) is 12.3. The van der Waals surface area contributed by atoms with Gasteiger partial charge in [0.05, 0.1) is 5.56 Å². The maximum atomic E-state index is 12.2. The van der Waals surface area contributed by atoms with Gasteiger partial charge in [-0.3, -0.25) is 9.78 Å². The van der Waals surface area contributed by atoms with Gasteiger partial charge in [-0.15, -0.1) is 0 Å². The smallest absolute Gasteiger partial charge is 0.255 e.